The zero-order valence-corrected chi connectivity index (χ0v) is 19.8. The number of nitrogens with zero attached hydrogens (tertiary/aromatic N) is 4. The van der Waals surface area contributed by atoms with Crippen LogP contribution in [0.3, 0.4) is 0 Å². The maximum Gasteiger partial charge on any atom is 0.243 e. The monoisotopic (exact) mass is 466 g/mol. The molecule has 2 aromatic carbocycles. The minimum Gasteiger partial charge on any atom is -0.379 e. The Balaban J connectivity index is 1.37. The van der Waals surface area contributed by atoms with Crippen molar-refractivity contribution in [1.29, 1.82) is 0 Å². The number of benzene rings is 2. The third kappa shape index (κ3) is 4.48. The Hall–Kier alpha value is -2.52. The number of rotatable bonds is 6. The Morgan fingerprint density at radius 3 is 2.52 bits per heavy atom. The third-order valence-corrected chi connectivity index (χ3v) is 8.42. The van der Waals surface area contributed by atoms with Gasteiger partial charge in [-0.15, -0.1) is 0 Å². The van der Waals surface area contributed by atoms with E-state index in [-0.39, 0.29) is 0 Å². The van der Waals surface area contributed by atoms with E-state index >= 15 is 0 Å². The van der Waals surface area contributed by atoms with E-state index in [1.54, 1.807) is 12.1 Å². The van der Waals surface area contributed by atoms with Crippen molar-refractivity contribution >= 4 is 26.6 Å². The highest BCUT2D eigenvalue weighted by Crippen LogP contribution is 2.26. The molecule has 0 radical (unpaired) electrons. The van der Waals surface area contributed by atoms with Crippen molar-refractivity contribution < 1.29 is 13.2 Å². The summed E-state index contributed by atoms with van der Waals surface area (Å²) in [6.45, 7) is 7.15. The second-order valence-corrected chi connectivity index (χ2v) is 10.5. The van der Waals surface area contributed by atoms with Gasteiger partial charge in [-0.05, 0) is 42.7 Å². The van der Waals surface area contributed by atoms with Gasteiger partial charge >= 0.3 is 0 Å². The smallest absolute Gasteiger partial charge is 0.243 e. The zero-order chi connectivity index (χ0) is 22.8. The van der Waals surface area contributed by atoms with Crippen LogP contribution in [0.15, 0.2) is 59.5 Å². The number of hydrogen-bond donors (Lipinski definition) is 0. The topological polar surface area (TPSA) is 67.7 Å². The van der Waals surface area contributed by atoms with Gasteiger partial charge in [-0.1, -0.05) is 36.4 Å². The van der Waals surface area contributed by atoms with Crippen molar-refractivity contribution in [3.63, 3.8) is 0 Å². The summed E-state index contributed by atoms with van der Waals surface area (Å²) in [7, 11) is -3.54. The van der Waals surface area contributed by atoms with Crippen molar-refractivity contribution in [3.8, 4) is 0 Å². The fraction of sp³-hybridized carbons (Fsp3) is 0.400. The summed E-state index contributed by atoms with van der Waals surface area (Å²) in [5, 5.41) is 0. The molecule has 0 amide bonds. The first kappa shape index (κ1) is 22.3. The quantitative estimate of drug-likeness (QED) is 0.557. The van der Waals surface area contributed by atoms with E-state index in [1.807, 2.05) is 12.1 Å². The van der Waals surface area contributed by atoms with Crippen LogP contribution >= 0.6 is 0 Å². The van der Waals surface area contributed by atoms with Crippen molar-refractivity contribution in [2.75, 3.05) is 39.4 Å². The average Bonchev–Trinajstić information content (AvgIpc) is 3.21. The van der Waals surface area contributed by atoms with Gasteiger partial charge in [0.25, 0.3) is 0 Å². The molecule has 7 nitrogen and oxygen atoms in total. The molecule has 33 heavy (non-hydrogen) atoms. The molecular formula is C25H30N4O3S. The normalized spacial score (nSPS) is 18.5. The van der Waals surface area contributed by atoms with Crippen LogP contribution in [0.25, 0.3) is 16.6 Å². The first-order valence-electron chi connectivity index (χ1n) is 11.6. The van der Waals surface area contributed by atoms with E-state index in [2.05, 4.69) is 46.7 Å². The van der Waals surface area contributed by atoms with Gasteiger partial charge < -0.3 is 9.30 Å². The summed E-state index contributed by atoms with van der Waals surface area (Å²) in [6.07, 6.45) is 3.32. The molecule has 0 aliphatic carbocycles. The number of aryl methyl sites for hydroxylation is 1. The SMILES string of the molecule is CCn1c(CN2CC=C(c3ccccc3)CC2)nc2cc(S(=O)(=O)N3CCOCC3)ccc21. The fourth-order valence-electron chi connectivity index (χ4n) is 4.70. The van der Waals surface area contributed by atoms with Crippen LogP contribution in [0.1, 0.15) is 24.7 Å². The maximum atomic E-state index is 13.1. The van der Waals surface area contributed by atoms with Gasteiger partial charge in [0.05, 0.1) is 35.7 Å². The summed E-state index contributed by atoms with van der Waals surface area (Å²) >= 11 is 0. The first-order chi connectivity index (χ1) is 16.1. The molecule has 0 unspecified atom stereocenters. The first-order valence-corrected chi connectivity index (χ1v) is 13.0. The van der Waals surface area contributed by atoms with Gasteiger partial charge in [0.2, 0.25) is 10.0 Å². The highest BCUT2D eigenvalue weighted by atomic mass is 32.2. The van der Waals surface area contributed by atoms with Crippen LogP contribution in [-0.2, 0) is 27.8 Å². The second kappa shape index (κ2) is 9.38. The van der Waals surface area contributed by atoms with Gasteiger partial charge in [0, 0.05) is 32.7 Å². The van der Waals surface area contributed by atoms with Gasteiger partial charge in [0.1, 0.15) is 5.82 Å². The molecule has 0 atom stereocenters. The number of aromatic nitrogens is 2. The summed E-state index contributed by atoms with van der Waals surface area (Å²) in [6, 6.07) is 15.9. The number of fused-ring (bicyclic) bond motifs is 1. The standard InChI is InChI=1S/C25H30N4O3S/c1-2-29-24-9-8-22(33(30,31)28-14-16-32-17-15-28)18-23(24)26-25(29)19-27-12-10-21(11-13-27)20-6-4-3-5-7-20/h3-10,18H,2,11-17,19H2,1H3. The van der Waals surface area contributed by atoms with Gasteiger partial charge in [-0.3, -0.25) is 4.90 Å². The highest BCUT2D eigenvalue weighted by molar-refractivity contribution is 7.89. The molecular weight excluding hydrogens is 436 g/mol. The molecule has 1 aromatic heterocycles. The van der Waals surface area contributed by atoms with Crippen LogP contribution in [0.2, 0.25) is 0 Å². The highest BCUT2D eigenvalue weighted by Gasteiger charge is 2.27. The number of imidazole rings is 1. The van der Waals surface area contributed by atoms with E-state index < -0.39 is 10.0 Å². The molecule has 0 spiro atoms. The zero-order valence-electron chi connectivity index (χ0n) is 19.0. The Kier molecular flexibility index (Phi) is 6.34. The molecule has 0 bridgehead atoms. The predicted molar refractivity (Wildman–Crippen MR) is 129 cm³/mol. The van der Waals surface area contributed by atoms with Crippen LogP contribution in [0, 0.1) is 0 Å². The summed E-state index contributed by atoms with van der Waals surface area (Å²) < 4.78 is 35.2. The lowest BCUT2D eigenvalue weighted by Crippen LogP contribution is -2.40. The molecule has 3 heterocycles. The lowest BCUT2D eigenvalue weighted by atomic mass is 10.00. The molecule has 0 saturated carbocycles. The molecule has 1 fully saturated rings. The van der Waals surface area contributed by atoms with Crippen molar-refractivity contribution in [1.82, 2.24) is 18.8 Å². The average molecular weight is 467 g/mol. The number of ether oxygens (including phenoxy) is 1. The van der Waals surface area contributed by atoms with E-state index in [0.717, 1.165) is 49.5 Å². The maximum absolute atomic E-state index is 13.1. The number of hydrogen-bond acceptors (Lipinski definition) is 5. The van der Waals surface area contributed by atoms with E-state index in [0.29, 0.717) is 31.2 Å². The molecule has 3 aromatic rings. The molecule has 0 N–H and O–H groups in total. The largest absolute Gasteiger partial charge is 0.379 e. The Morgan fingerprint density at radius 2 is 1.82 bits per heavy atom. The third-order valence-electron chi connectivity index (χ3n) is 6.53. The molecule has 8 heteroatoms. The van der Waals surface area contributed by atoms with Gasteiger partial charge in [0.15, 0.2) is 0 Å². The van der Waals surface area contributed by atoms with Crippen LogP contribution in [0.5, 0.6) is 0 Å². The minimum atomic E-state index is -3.54. The Labute approximate surface area is 195 Å². The Morgan fingerprint density at radius 1 is 1.03 bits per heavy atom. The predicted octanol–water partition coefficient (Wildman–Crippen LogP) is 3.37. The molecule has 1 saturated heterocycles. The van der Waals surface area contributed by atoms with Crippen molar-refractivity contribution in [2.24, 2.45) is 0 Å². The van der Waals surface area contributed by atoms with E-state index in [4.69, 9.17) is 9.72 Å². The summed E-state index contributed by atoms with van der Waals surface area (Å²) in [5.41, 5.74) is 4.41. The van der Waals surface area contributed by atoms with Gasteiger partial charge in [-0.2, -0.15) is 4.31 Å². The molecule has 2 aliphatic rings. The van der Waals surface area contributed by atoms with Crippen molar-refractivity contribution in [2.45, 2.75) is 31.3 Å². The molecule has 5 rings (SSSR count). The molecule has 2 aliphatic heterocycles. The summed E-state index contributed by atoms with van der Waals surface area (Å²) in [4.78, 5) is 7.56. The van der Waals surface area contributed by atoms with E-state index in [9.17, 15) is 8.42 Å². The number of sulfonamides is 1. The number of morpholine rings is 1. The minimum absolute atomic E-state index is 0.303. The van der Waals surface area contributed by atoms with Crippen molar-refractivity contribution in [3.05, 3.63) is 66.0 Å². The second-order valence-electron chi connectivity index (χ2n) is 8.52. The lowest BCUT2D eigenvalue weighted by molar-refractivity contribution is 0.0730. The van der Waals surface area contributed by atoms with Crippen LogP contribution < -0.4 is 0 Å². The van der Waals surface area contributed by atoms with Crippen LogP contribution in [-0.4, -0.2) is 66.6 Å². The fourth-order valence-corrected chi connectivity index (χ4v) is 6.13. The summed E-state index contributed by atoms with van der Waals surface area (Å²) in [5.74, 6) is 0.977. The molecule has 174 valence electrons. The van der Waals surface area contributed by atoms with Crippen LogP contribution in [0.4, 0.5) is 0 Å². The van der Waals surface area contributed by atoms with Gasteiger partial charge in [-0.25, -0.2) is 13.4 Å². The Bertz CT molecular complexity index is 1260. The van der Waals surface area contributed by atoms with E-state index in [1.165, 1.54) is 15.4 Å². The lowest BCUT2D eigenvalue weighted by Gasteiger charge is -2.26.